The number of carbonyl (C=O) groups excluding carboxylic acids is 1. The van der Waals surface area contributed by atoms with Gasteiger partial charge in [-0.2, -0.15) is 0 Å². The van der Waals surface area contributed by atoms with Gasteiger partial charge in [-0.15, -0.1) is 0 Å². The highest BCUT2D eigenvalue weighted by Crippen LogP contribution is 2.51. The Morgan fingerprint density at radius 2 is 1.96 bits per heavy atom. The summed E-state index contributed by atoms with van der Waals surface area (Å²) in [5, 5.41) is 14.9. The minimum Gasteiger partial charge on any atom is -0.465 e. The van der Waals surface area contributed by atoms with Gasteiger partial charge in [-0.25, -0.2) is 4.79 Å². The minimum absolute atomic E-state index is 0.0923. The van der Waals surface area contributed by atoms with Crippen LogP contribution >= 0.6 is 0 Å². The fourth-order valence-corrected chi connectivity index (χ4v) is 4.13. The van der Waals surface area contributed by atoms with E-state index in [-0.39, 0.29) is 28.5 Å². The quantitative estimate of drug-likeness (QED) is 0.388. The zero-order valence-electron chi connectivity index (χ0n) is 14.2. The third-order valence-electron chi connectivity index (χ3n) is 5.27. The van der Waals surface area contributed by atoms with Crippen molar-refractivity contribution in [3.8, 4) is 0 Å². The van der Waals surface area contributed by atoms with Crippen molar-refractivity contribution in [3.05, 3.63) is 81.4 Å². The molecule has 6 heteroatoms. The number of nitro groups is 1. The highest BCUT2D eigenvalue weighted by Gasteiger charge is 2.41. The maximum Gasteiger partial charge on any atom is 0.339 e. The van der Waals surface area contributed by atoms with Crippen molar-refractivity contribution in [1.82, 2.24) is 0 Å². The highest BCUT2D eigenvalue weighted by molar-refractivity contribution is 5.97. The molecular weight excluding hydrogens is 332 g/mol. The Bertz CT molecular complexity index is 922. The molecule has 0 radical (unpaired) electrons. The smallest absolute Gasteiger partial charge is 0.339 e. The second kappa shape index (κ2) is 6.29. The average Bonchev–Trinajstić information content (AvgIpc) is 3.16. The molecule has 6 nitrogen and oxygen atoms in total. The molecule has 4 rings (SSSR count). The van der Waals surface area contributed by atoms with Gasteiger partial charge in [-0.3, -0.25) is 10.1 Å². The number of benzene rings is 2. The SMILES string of the molecule is COC(=O)c1cccc2c1N[C@H](c1ccccc1[N+](=O)[O-])[C@@H]1CC=C[C@H]21. The Balaban J connectivity index is 1.87. The molecule has 1 N–H and O–H groups in total. The Hall–Kier alpha value is -3.15. The number of nitrogens with zero attached hydrogens (tertiary/aromatic N) is 1. The number of nitro benzene ring substituents is 1. The van der Waals surface area contributed by atoms with Crippen LogP contribution in [0.2, 0.25) is 0 Å². The maximum atomic E-state index is 12.2. The monoisotopic (exact) mass is 350 g/mol. The number of fused-ring (bicyclic) bond motifs is 3. The largest absolute Gasteiger partial charge is 0.465 e. The molecule has 1 heterocycles. The van der Waals surface area contributed by atoms with Gasteiger partial charge in [0, 0.05) is 12.0 Å². The number of methoxy groups -OCH3 is 1. The van der Waals surface area contributed by atoms with Crippen molar-refractivity contribution in [2.24, 2.45) is 5.92 Å². The molecule has 0 fully saturated rings. The number of hydrogen-bond donors (Lipinski definition) is 1. The summed E-state index contributed by atoms with van der Waals surface area (Å²) < 4.78 is 4.91. The molecule has 0 bridgehead atoms. The normalized spacial score (nSPS) is 22.9. The number of para-hydroxylation sites is 2. The van der Waals surface area contributed by atoms with Crippen molar-refractivity contribution in [2.75, 3.05) is 12.4 Å². The van der Waals surface area contributed by atoms with Crippen molar-refractivity contribution >= 4 is 17.3 Å². The van der Waals surface area contributed by atoms with Gasteiger partial charge in [0.25, 0.3) is 5.69 Å². The van der Waals surface area contributed by atoms with Crippen LogP contribution in [0.15, 0.2) is 54.6 Å². The second-order valence-corrected chi connectivity index (χ2v) is 6.55. The van der Waals surface area contributed by atoms with Crippen LogP contribution in [0.5, 0.6) is 0 Å². The Kier molecular flexibility index (Phi) is 3.95. The van der Waals surface area contributed by atoms with Gasteiger partial charge in [0.1, 0.15) is 0 Å². The summed E-state index contributed by atoms with van der Waals surface area (Å²) in [4.78, 5) is 23.4. The number of nitrogens with one attached hydrogen (secondary N) is 1. The lowest BCUT2D eigenvalue weighted by Gasteiger charge is -2.37. The molecule has 0 amide bonds. The minimum atomic E-state index is -0.420. The van der Waals surface area contributed by atoms with E-state index in [0.717, 1.165) is 12.0 Å². The van der Waals surface area contributed by atoms with Crippen molar-refractivity contribution in [1.29, 1.82) is 0 Å². The van der Waals surface area contributed by atoms with E-state index in [1.807, 2.05) is 18.2 Å². The molecule has 2 aromatic rings. The van der Waals surface area contributed by atoms with E-state index in [9.17, 15) is 14.9 Å². The second-order valence-electron chi connectivity index (χ2n) is 6.55. The van der Waals surface area contributed by atoms with E-state index < -0.39 is 5.97 Å². The topological polar surface area (TPSA) is 81.5 Å². The van der Waals surface area contributed by atoms with Crippen LogP contribution in [-0.4, -0.2) is 18.0 Å². The van der Waals surface area contributed by atoms with E-state index in [4.69, 9.17) is 4.74 Å². The lowest BCUT2D eigenvalue weighted by molar-refractivity contribution is -0.385. The maximum absolute atomic E-state index is 12.2. The van der Waals surface area contributed by atoms with E-state index in [1.54, 1.807) is 18.2 Å². The Morgan fingerprint density at radius 1 is 1.19 bits per heavy atom. The summed E-state index contributed by atoms with van der Waals surface area (Å²) in [7, 11) is 1.35. The summed E-state index contributed by atoms with van der Waals surface area (Å²) in [6.07, 6.45) is 5.07. The summed E-state index contributed by atoms with van der Waals surface area (Å²) in [6.45, 7) is 0. The fraction of sp³-hybridized carbons (Fsp3) is 0.250. The molecule has 3 atom stereocenters. The van der Waals surface area contributed by atoms with Crippen LogP contribution in [-0.2, 0) is 4.74 Å². The Morgan fingerprint density at radius 3 is 2.73 bits per heavy atom. The Labute approximate surface area is 150 Å². The summed E-state index contributed by atoms with van der Waals surface area (Å²) in [5.74, 6) is -0.145. The molecule has 1 aliphatic carbocycles. The first-order chi connectivity index (χ1) is 12.6. The van der Waals surface area contributed by atoms with E-state index in [2.05, 4.69) is 17.5 Å². The number of anilines is 1. The van der Waals surface area contributed by atoms with Gasteiger partial charge in [-0.1, -0.05) is 42.5 Å². The molecule has 0 saturated heterocycles. The first-order valence-electron chi connectivity index (χ1n) is 8.49. The first-order valence-corrected chi connectivity index (χ1v) is 8.49. The zero-order valence-corrected chi connectivity index (χ0v) is 14.2. The van der Waals surface area contributed by atoms with Crippen molar-refractivity contribution in [3.63, 3.8) is 0 Å². The van der Waals surface area contributed by atoms with Gasteiger partial charge >= 0.3 is 5.97 Å². The van der Waals surface area contributed by atoms with Crippen LogP contribution in [0, 0.1) is 16.0 Å². The molecule has 0 saturated carbocycles. The average molecular weight is 350 g/mol. The van der Waals surface area contributed by atoms with Gasteiger partial charge < -0.3 is 10.1 Å². The van der Waals surface area contributed by atoms with Crippen molar-refractivity contribution < 1.29 is 14.5 Å². The molecule has 0 aromatic heterocycles. The summed E-state index contributed by atoms with van der Waals surface area (Å²) >= 11 is 0. The molecule has 0 spiro atoms. The molecule has 1 aliphatic heterocycles. The van der Waals surface area contributed by atoms with Crippen LogP contribution < -0.4 is 5.32 Å². The third-order valence-corrected chi connectivity index (χ3v) is 5.27. The molecular formula is C20H18N2O4. The van der Waals surface area contributed by atoms with Gasteiger partial charge in [0.05, 0.1) is 34.9 Å². The lowest BCUT2D eigenvalue weighted by Crippen LogP contribution is -2.30. The van der Waals surface area contributed by atoms with Crippen molar-refractivity contribution in [2.45, 2.75) is 18.4 Å². The van der Waals surface area contributed by atoms with E-state index >= 15 is 0 Å². The van der Waals surface area contributed by atoms with Crippen LogP contribution in [0.1, 0.15) is 39.9 Å². The number of hydrogen-bond acceptors (Lipinski definition) is 5. The number of allylic oxidation sites excluding steroid dienone is 2. The summed E-state index contributed by atoms with van der Waals surface area (Å²) in [5.41, 5.74) is 2.92. The van der Waals surface area contributed by atoms with Crippen LogP contribution in [0.4, 0.5) is 11.4 Å². The molecule has 0 unspecified atom stereocenters. The number of ether oxygens (including phenoxy) is 1. The number of rotatable bonds is 3. The number of carbonyl (C=O) groups is 1. The molecule has 2 aromatic carbocycles. The van der Waals surface area contributed by atoms with E-state index in [0.29, 0.717) is 16.8 Å². The fourth-order valence-electron chi connectivity index (χ4n) is 4.13. The number of esters is 1. The molecule has 2 aliphatic rings. The van der Waals surface area contributed by atoms with Gasteiger partial charge in [0.15, 0.2) is 0 Å². The van der Waals surface area contributed by atoms with Gasteiger partial charge in [-0.05, 0) is 24.0 Å². The standard InChI is InChI=1S/C20H18N2O4/c1-26-20(23)16-10-5-9-14-12-7-4-8-13(12)18(21-19(14)16)15-6-2-3-11-17(15)22(24)25/h2-7,9-13,18,21H,8H2,1H3/t12-,13+,18-/m0/s1. The summed E-state index contributed by atoms with van der Waals surface area (Å²) in [6, 6.07) is 12.1. The zero-order chi connectivity index (χ0) is 18.3. The predicted molar refractivity (Wildman–Crippen MR) is 97.2 cm³/mol. The predicted octanol–water partition coefficient (Wildman–Crippen LogP) is 4.21. The van der Waals surface area contributed by atoms with Crippen LogP contribution in [0.3, 0.4) is 0 Å². The lowest BCUT2D eigenvalue weighted by atomic mass is 9.76. The van der Waals surface area contributed by atoms with E-state index in [1.165, 1.54) is 13.2 Å². The third kappa shape index (κ3) is 2.45. The molecule has 132 valence electrons. The highest BCUT2D eigenvalue weighted by atomic mass is 16.6. The molecule has 26 heavy (non-hydrogen) atoms. The first kappa shape index (κ1) is 16.3. The van der Waals surface area contributed by atoms with Gasteiger partial charge in [0.2, 0.25) is 0 Å². The van der Waals surface area contributed by atoms with Crippen LogP contribution in [0.25, 0.3) is 0 Å².